The minimum absolute atomic E-state index is 0.0732. The molecule has 1 aromatic carbocycles. The second-order valence-corrected chi connectivity index (χ2v) is 5.31. The summed E-state index contributed by atoms with van der Waals surface area (Å²) in [5.41, 5.74) is 2.34. The van der Waals surface area contributed by atoms with Gasteiger partial charge in [0.15, 0.2) is 0 Å². The van der Waals surface area contributed by atoms with Crippen LogP contribution in [0.25, 0.3) is 0 Å². The molecular formula is C16H22O2. The second kappa shape index (κ2) is 6.03. The van der Waals surface area contributed by atoms with Crippen LogP contribution < -0.4 is 0 Å². The van der Waals surface area contributed by atoms with Crippen molar-refractivity contribution in [3.8, 4) is 0 Å². The molecule has 2 nitrogen and oxygen atoms in total. The van der Waals surface area contributed by atoms with Crippen molar-refractivity contribution in [1.82, 2.24) is 0 Å². The van der Waals surface area contributed by atoms with Crippen molar-refractivity contribution < 1.29 is 9.53 Å². The molecule has 0 N–H and O–H groups in total. The van der Waals surface area contributed by atoms with Crippen molar-refractivity contribution in [3.05, 3.63) is 35.4 Å². The second-order valence-electron chi connectivity index (χ2n) is 5.31. The summed E-state index contributed by atoms with van der Waals surface area (Å²) in [6, 6.07) is 8.30. The van der Waals surface area contributed by atoms with Gasteiger partial charge in [-0.05, 0) is 31.2 Å². The predicted octanol–water partition coefficient (Wildman–Crippen LogP) is 3.83. The van der Waals surface area contributed by atoms with Crippen molar-refractivity contribution in [2.75, 3.05) is 7.11 Å². The topological polar surface area (TPSA) is 26.3 Å². The normalized spacial score (nSPS) is 18.3. The van der Waals surface area contributed by atoms with Crippen LogP contribution >= 0.6 is 0 Å². The number of hydrogen-bond acceptors (Lipinski definition) is 2. The summed E-state index contributed by atoms with van der Waals surface area (Å²) in [6.07, 6.45) is 6.08. The smallest absolute Gasteiger partial charge is 0.313 e. The Morgan fingerprint density at radius 2 is 1.78 bits per heavy atom. The number of esters is 1. The average Bonchev–Trinajstić information content (AvgIpc) is 2.42. The Morgan fingerprint density at radius 3 is 2.33 bits per heavy atom. The highest BCUT2D eigenvalue weighted by Gasteiger charge is 2.31. The lowest BCUT2D eigenvalue weighted by Gasteiger charge is -2.28. The minimum Gasteiger partial charge on any atom is -0.469 e. The van der Waals surface area contributed by atoms with E-state index >= 15 is 0 Å². The molecule has 18 heavy (non-hydrogen) atoms. The van der Waals surface area contributed by atoms with Crippen LogP contribution in [0.15, 0.2) is 24.3 Å². The van der Waals surface area contributed by atoms with E-state index in [0.717, 1.165) is 18.4 Å². The highest BCUT2D eigenvalue weighted by atomic mass is 16.5. The number of hydrogen-bond donors (Lipinski definition) is 0. The Labute approximate surface area is 109 Å². The van der Waals surface area contributed by atoms with Gasteiger partial charge in [-0.25, -0.2) is 0 Å². The lowest BCUT2D eigenvalue weighted by molar-refractivity contribution is -0.144. The Balaban J connectivity index is 2.23. The molecule has 1 aliphatic carbocycles. The summed E-state index contributed by atoms with van der Waals surface area (Å²) < 4.78 is 5.01. The Hall–Kier alpha value is -1.31. The third kappa shape index (κ3) is 2.92. The Morgan fingerprint density at radius 1 is 1.17 bits per heavy atom. The van der Waals surface area contributed by atoms with E-state index in [9.17, 15) is 4.79 Å². The van der Waals surface area contributed by atoms with Crippen molar-refractivity contribution in [2.45, 2.75) is 44.9 Å². The Bertz CT molecular complexity index is 388. The Kier molecular flexibility index (Phi) is 4.40. The first-order valence-corrected chi connectivity index (χ1v) is 6.87. The average molecular weight is 246 g/mol. The van der Waals surface area contributed by atoms with Crippen LogP contribution in [0.4, 0.5) is 0 Å². The molecule has 2 rings (SSSR count). The number of ether oxygens (including phenoxy) is 1. The van der Waals surface area contributed by atoms with Crippen molar-refractivity contribution in [2.24, 2.45) is 5.92 Å². The number of aryl methyl sites for hydroxylation is 1. The molecule has 0 heterocycles. The van der Waals surface area contributed by atoms with Gasteiger partial charge in [0.25, 0.3) is 0 Å². The van der Waals surface area contributed by atoms with Gasteiger partial charge in [-0.1, -0.05) is 49.1 Å². The first-order valence-electron chi connectivity index (χ1n) is 6.87. The lowest BCUT2D eigenvalue weighted by Crippen LogP contribution is -2.25. The molecule has 98 valence electrons. The van der Waals surface area contributed by atoms with Crippen LogP contribution in [0, 0.1) is 12.8 Å². The van der Waals surface area contributed by atoms with Gasteiger partial charge < -0.3 is 4.74 Å². The van der Waals surface area contributed by atoms with Gasteiger partial charge in [0, 0.05) is 0 Å². The van der Waals surface area contributed by atoms with E-state index in [1.54, 1.807) is 0 Å². The molecule has 0 aromatic heterocycles. The molecule has 1 saturated carbocycles. The maximum Gasteiger partial charge on any atom is 0.313 e. The monoisotopic (exact) mass is 246 g/mol. The molecule has 0 radical (unpaired) electrons. The predicted molar refractivity (Wildman–Crippen MR) is 72.5 cm³/mol. The molecule has 0 bridgehead atoms. The summed E-state index contributed by atoms with van der Waals surface area (Å²) >= 11 is 0. The van der Waals surface area contributed by atoms with E-state index in [4.69, 9.17) is 4.74 Å². The van der Waals surface area contributed by atoms with Crippen LogP contribution in [0.1, 0.15) is 49.1 Å². The molecule has 2 heteroatoms. The number of carbonyl (C=O) groups excluding carboxylic acids is 1. The zero-order chi connectivity index (χ0) is 13.0. The summed E-state index contributed by atoms with van der Waals surface area (Å²) in [5, 5.41) is 0. The molecule has 1 aliphatic rings. The van der Waals surface area contributed by atoms with Gasteiger partial charge in [-0.2, -0.15) is 0 Å². The molecule has 1 aromatic rings. The first kappa shape index (κ1) is 13.1. The summed E-state index contributed by atoms with van der Waals surface area (Å²) in [5.74, 6) is 0.301. The van der Waals surface area contributed by atoms with E-state index in [-0.39, 0.29) is 11.9 Å². The summed E-state index contributed by atoms with van der Waals surface area (Å²) in [7, 11) is 1.49. The first-order chi connectivity index (χ1) is 8.72. The van der Waals surface area contributed by atoms with Gasteiger partial charge in [-0.3, -0.25) is 4.79 Å². The third-order valence-corrected chi connectivity index (χ3v) is 4.01. The number of rotatable bonds is 3. The van der Waals surface area contributed by atoms with Gasteiger partial charge >= 0.3 is 5.97 Å². The maximum atomic E-state index is 12.1. The van der Waals surface area contributed by atoms with E-state index in [0.29, 0.717) is 5.92 Å². The lowest BCUT2D eigenvalue weighted by atomic mass is 9.76. The SMILES string of the molecule is COC(=O)[C@@H](c1ccc(C)cc1)C1CCCCC1. The van der Waals surface area contributed by atoms with Gasteiger partial charge in [-0.15, -0.1) is 0 Å². The van der Waals surface area contributed by atoms with Crippen LogP contribution in [0.2, 0.25) is 0 Å². The molecule has 0 amide bonds. The fourth-order valence-corrected chi connectivity index (χ4v) is 2.97. The highest BCUT2D eigenvalue weighted by Crippen LogP contribution is 2.36. The largest absolute Gasteiger partial charge is 0.469 e. The zero-order valence-electron chi connectivity index (χ0n) is 11.3. The van der Waals surface area contributed by atoms with E-state index in [2.05, 4.69) is 31.2 Å². The van der Waals surface area contributed by atoms with E-state index < -0.39 is 0 Å². The molecule has 1 atom stereocenters. The molecule has 0 spiro atoms. The van der Waals surface area contributed by atoms with Crippen molar-refractivity contribution in [1.29, 1.82) is 0 Å². The summed E-state index contributed by atoms with van der Waals surface area (Å²) in [6.45, 7) is 2.07. The quantitative estimate of drug-likeness (QED) is 0.758. The number of carbonyl (C=O) groups is 1. The highest BCUT2D eigenvalue weighted by molar-refractivity contribution is 5.78. The van der Waals surface area contributed by atoms with E-state index in [1.165, 1.54) is 31.9 Å². The molecule has 0 aliphatic heterocycles. The minimum atomic E-state index is -0.0780. The fraction of sp³-hybridized carbons (Fsp3) is 0.562. The van der Waals surface area contributed by atoms with Gasteiger partial charge in [0.1, 0.15) is 0 Å². The van der Waals surface area contributed by atoms with Crippen LogP contribution in [0.3, 0.4) is 0 Å². The third-order valence-electron chi connectivity index (χ3n) is 4.01. The molecule has 0 unspecified atom stereocenters. The van der Waals surface area contributed by atoms with Crippen LogP contribution in [0.5, 0.6) is 0 Å². The molecule has 1 fully saturated rings. The van der Waals surface area contributed by atoms with Gasteiger partial charge in [0.05, 0.1) is 13.0 Å². The van der Waals surface area contributed by atoms with Crippen molar-refractivity contribution in [3.63, 3.8) is 0 Å². The van der Waals surface area contributed by atoms with Gasteiger partial charge in [0.2, 0.25) is 0 Å². The fourth-order valence-electron chi connectivity index (χ4n) is 2.97. The standard InChI is InChI=1S/C16H22O2/c1-12-8-10-14(11-9-12)15(16(17)18-2)13-6-4-3-5-7-13/h8-11,13,15H,3-7H2,1-2H3/t15-/m1/s1. The van der Waals surface area contributed by atoms with Crippen molar-refractivity contribution >= 4 is 5.97 Å². The molecular weight excluding hydrogens is 224 g/mol. The van der Waals surface area contributed by atoms with E-state index in [1.807, 2.05) is 0 Å². The number of methoxy groups -OCH3 is 1. The van der Waals surface area contributed by atoms with Crippen LogP contribution in [-0.4, -0.2) is 13.1 Å². The number of benzene rings is 1. The molecule has 0 saturated heterocycles. The maximum absolute atomic E-state index is 12.1. The summed E-state index contributed by atoms with van der Waals surface area (Å²) in [4.78, 5) is 12.1. The zero-order valence-corrected chi connectivity index (χ0v) is 11.3. The van der Waals surface area contributed by atoms with Crippen LogP contribution in [-0.2, 0) is 9.53 Å².